The Bertz CT molecular complexity index is 608. The third-order valence-electron chi connectivity index (χ3n) is 3.35. The van der Waals surface area contributed by atoms with Crippen molar-refractivity contribution in [3.63, 3.8) is 0 Å². The lowest BCUT2D eigenvalue weighted by molar-refractivity contribution is 0.478. The monoisotopic (exact) mass is 289 g/mol. The number of aryl methyl sites for hydroxylation is 1. The molecule has 0 saturated heterocycles. The molecule has 0 aliphatic rings. The van der Waals surface area contributed by atoms with Gasteiger partial charge < -0.3 is 10.5 Å². The molecule has 1 atom stereocenters. The Morgan fingerprint density at radius 1 is 1.20 bits per heavy atom. The molecule has 0 spiro atoms. The maximum Gasteiger partial charge on any atom is 0.130 e. The highest BCUT2D eigenvalue weighted by Gasteiger charge is 2.07. The summed E-state index contributed by atoms with van der Waals surface area (Å²) in [6.45, 7) is 6.09. The van der Waals surface area contributed by atoms with Crippen molar-refractivity contribution in [2.75, 3.05) is 0 Å². The Balaban J connectivity index is 2.22. The van der Waals surface area contributed by atoms with E-state index in [9.17, 15) is 0 Å². The number of ether oxygens (including phenoxy) is 1. The highest BCUT2D eigenvalue weighted by Crippen LogP contribution is 2.30. The van der Waals surface area contributed by atoms with Crippen LogP contribution in [0.4, 0.5) is 0 Å². The van der Waals surface area contributed by atoms with Crippen molar-refractivity contribution in [3.8, 4) is 11.5 Å². The second kappa shape index (κ2) is 6.29. The van der Waals surface area contributed by atoms with E-state index in [1.807, 2.05) is 37.3 Å². The van der Waals surface area contributed by atoms with Crippen LogP contribution >= 0.6 is 11.6 Å². The molecule has 0 aromatic heterocycles. The van der Waals surface area contributed by atoms with E-state index in [0.717, 1.165) is 29.0 Å². The minimum absolute atomic E-state index is 0.0956. The minimum Gasteiger partial charge on any atom is -0.457 e. The van der Waals surface area contributed by atoms with Gasteiger partial charge in [0.05, 0.1) is 0 Å². The van der Waals surface area contributed by atoms with Crippen LogP contribution in [-0.4, -0.2) is 6.04 Å². The molecule has 0 fully saturated rings. The van der Waals surface area contributed by atoms with E-state index in [2.05, 4.69) is 19.9 Å². The molecule has 106 valence electrons. The second-order valence-corrected chi connectivity index (χ2v) is 5.64. The SMILES string of the molecule is Cc1cccc(Oc2ccc(CC(C)N)c(Cl)c2)c1C. The molecule has 0 heterocycles. The van der Waals surface area contributed by atoms with Gasteiger partial charge in [-0.3, -0.25) is 0 Å². The van der Waals surface area contributed by atoms with Gasteiger partial charge in [0.15, 0.2) is 0 Å². The maximum absolute atomic E-state index is 6.28. The number of hydrogen-bond donors (Lipinski definition) is 1. The first-order valence-electron chi connectivity index (χ1n) is 6.75. The molecule has 0 radical (unpaired) electrons. The van der Waals surface area contributed by atoms with E-state index in [1.54, 1.807) is 0 Å². The topological polar surface area (TPSA) is 35.2 Å². The van der Waals surface area contributed by atoms with E-state index in [0.29, 0.717) is 5.02 Å². The van der Waals surface area contributed by atoms with Crippen LogP contribution in [0, 0.1) is 13.8 Å². The summed E-state index contributed by atoms with van der Waals surface area (Å²) in [7, 11) is 0. The maximum atomic E-state index is 6.28. The van der Waals surface area contributed by atoms with Gasteiger partial charge in [0.1, 0.15) is 11.5 Å². The van der Waals surface area contributed by atoms with Gasteiger partial charge in [-0.05, 0) is 62.1 Å². The van der Waals surface area contributed by atoms with Crippen LogP contribution in [0.5, 0.6) is 11.5 Å². The zero-order chi connectivity index (χ0) is 14.7. The largest absolute Gasteiger partial charge is 0.457 e. The van der Waals surface area contributed by atoms with Gasteiger partial charge in [-0.2, -0.15) is 0 Å². The summed E-state index contributed by atoms with van der Waals surface area (Å²) in [4.78, 5) is 0. The summed E-state index contributed by atoms with van der Waals surface area (Å²) in [5, 5.41) is 0.699. The summed E-state index contributed by atoms with van der Waals surface area (Å²) >= 11 is 6.28. The summed E-state index contributed by atoms with van der Waals surface area (Å²) in [6.07, 6.45) is 0.766. The average Bonchev–Trinajstić information content (AvgIpc) is 2.38. The Labute approximate surface area is 125 Å². The van der Waals surface area contributed by atoms with Crippen LogP contribution in [0.15, 0.2) is 36.4 Å². The van der Waals surface area contributed by atoms with E-state index in [1.165, 1.54) is 5.56 Å². The van der Waals surface area contributed by atoms with E-state index >= 15 is 0 Å². The van der Waals surface area contributed by atoms with Crippen molar-refractivity contribution in [1.82, 2.24) is 0 Å². The summed E-state index contributed by atoms with van der Waals surface area (Å²) < 4.78 is 5.92. The van der Waals surface area contributed by atoms with Crippen LogP contribution in [0.1, 0.15) is 23.6 Å². The van der Waals surface area contributed by atoms with Gasteiger partial charge in [-0.1, -0.05) is 29.8 Å². The lowest BCUT2D eigenvalue weighted by Gasteiger charge is -2.12. The molecule has 20 heavy (non-hydrogen) atoms. The summed E-state index contributed by atoms with van der Waals surface area (Å²) in [6, 6.07) is 11.9. The van der Waals surface area contributed by atoms with Gasteiger partial charge in [0.25, 0.3) is 0 Å². The smallest absolute Gasteiger partial charge is 0.130 e. The molecule has 2 aromatic rings. The number of hydrogen-bond acceptors (Lipinski definition) is 2. The zero-order valence-corrected chi connectivity index (χ0v) is 12.9. The van der Waals surface area contributed by atoms with Crippen LogP contribution in [0.3, 0.4) is 0 Å². The fourth-order valence-corrected chi connectivity index (χ4v) is 2.31. The quantitative estimate of drug-likeness (QED) is 0.890. The fourth-order valence-electron chi connectivity index (χ4n) is 2.07. The number of nitrogens with two attached hydrogens (primary N) is 1. The zero-order valence-electron chi connectivity index (χ0n) is 12.1. The molecule has 0 saturated carbocycles. The molecule has 2 aromatic carbocycles. The first-order valence-corrected chi connectivity index (χ1v) is 7.13. The summed E-state index contributed by atoms with van der Waals surface area (Å²) in [5.41, 5.74) is 9.20. The Morgan fingerprint density at radius 2 is 1.95 bits per heavy atom. The van der Waals surface area contributed by atoms with Crippen LogP contribution in [0.25, 0.3) is 0 Å². The Morgan fingerprint density at radius 3 is 2.60 bits per heavy atom. The highest BCUT2D eigenvalue weighted by molar-refractivity contribution is 6.31. The number of benzene rings is 2. The van der Waals surface area contributed by atoms with Crippen molar-refractivity contribution < 1.29 is 4.74 Å². The predicted octanol–water partition coefficient (Wildman–Crippen LogP) is 4.64. The van der Waals surface area contributed by atoms with Crippen LogP contribution < -0.4 is 10.5 Å². The van der Waals surface area contributed by atoms with Crippen LogP contribution in [-0.2, 0) is 6.42 Å². The Kier molecular flexibility index (Phi) is 4.69. The number of rotatable bonds is 4. The normalized spacial score (nSPS) is 12.2. The standard InChI is InChI=1S/C17H20ClNO/c1-11-5-4-6-17(13(11)3)20-15-8-7-14(9-12(2)19)16(18)10-15/h4-8,10,12H,9,19H2,1-3H3. The Hall–Kier alpha value is -1.51. The van der Waals surface area contributed by atoms with Gasteiger partial charge in [0, 0.05) is 11.1 Å². The molecule has 2 N–H and O–H groups in total. The molecule has 3 heteroatoms. The summed E-state index contributed by atoms with van der Waals surface area (Å²) in [5.74, 6) is 1.61. The molecule has 0 amide bonds. The van der Waals surface area contributed by atoms with Crippen molar-refractivity contribution >= 4 is 11.6 Å². The second-order valence-electron chi connectivity index (χ2n) is 5.23. The van der Waals surface area contributed by atoms with Gasteiger partial charge in [-0.15, -0.1) is 0 Å². The third kappa shape index (κ3) is 3.53. The average molecular weight is 290 g/mol. The van der Waals surface area contributed by atoms with Gasteiger partial charge in [0.2, 0.25) is 0 Å². The van der Waals surface area contributed by atoms with Crippen molar-refractivity contribution in [2.24, 2.45) is 5.73 Å². The molecule has 0 aliphatic heterocycles. The van der Waals surface area contributed by atoms with Crippen molar-refractivity contribution in [1.29, 1.82) is 0 Å². The highest BCUT2D eigenvalue weighted by atomic mass is 35.5. The lowest BCUT2D eigenvalue weighted by Crippen LogP contribution is -2.17. The van der Waals surface area contributed by atoms with Crippen molar-refractivity contribution in [3.05, 3.63) is 58.1 Å². The van der Waals surface area contributed by atoms with E-state index < -0.39 is 0 Å². The molecular formula is C17H20ClNO. The molecule has 2 nitrogen and oxygen atoms in total. The molecule has 0 aliphatic carbocycles. The lowest BCUT2D eigenvalue weighted by atomic mass is 10.1. The molecule has 2 rings (SSSR count). The number of halogens is 1. The molecular weight excluding hydrogens is 270 g/mol. The predicted molar refractivity (Wildman–Crippen MR) is 84.8 cm³/mol. The van der Waals surface area contributed by atoms with Crippen LogP contribution in [0.2, 0.25) is 5.02 Å². The van der Waals surface area contributed by atoms with E-state index in [4.69, 9.17) is 22.1 Å². The van der Waals surface area contributed by atoms with E-state index in [-0.39, 0.29) is 6.04 Å². The molecule has 0 bridgehead atoms. The third-order valence-corrected chi connectivity index (χ3v) is 3.70. The fraction of sp³-hybridized carbons (Fsp3) is 0.294. The minimum atomic E-state index is 0.0956. The first kappa shape index (κ1) is 14.9. The van der Waals surface area contributed by atoms with Gasteiger partial charge >= 0.3 is 0 Å². The molecule has 1 unspecified atom stereocenters. The first-order chi connectivity index (χ1) is 9.47. The van der Waals surface area contributed by atoms with Gasteiger partial charge in [-0.25, -0.2) is 0 Å². The van der Waals surface area contributed by atoms with Crippen molar-refractivity contribution in [2.45, 2.75) is 33.2 Å².